The van der Waals surface area contributed by atoms with Crippen LogP contribution in [0.3, 0.4) is 0 Å². The molecule has 2 unspecified atom stereocenters. The van der Waals surface area contributed by atoms with Crippen molar-refractivity contribution in [3.8, 4) is 0 Å². The average molecular weight is 970 g/mol. The number of likely N-dealkylation sites (N-methyl/N-ethyl adjacent to an activating group) is 1. The van der Waals surface area contributed by atoms with E-state index in [-0.39, 0.29) is 25.8 Å². The summed E-state index contributed by atoms with van der Waals surface area (Å²) >= 11 is 0. The van der Waals surface area contributed by atoms with E-state index in [1.807, 2.05) is 21.1 Å². The van der Waals surface area contributed by atoms with Crippen LogP contribution in [-0.2, 0) is 27.9 Å². The number of quaternary nitrogens is 1. The molecule has 2 atom stereocenters. The summed E-state index contributed by atoms with van der Waals surface area (Å²) in [5, 5.41) is 0. The average Bonchev–Trinajstić information content (AvgIpc) is 3.29. The molecule has 0 aliphatic carbocycles. The SMILES string of the molecule is CCCCCCC/C=C\C/C=C\CCCCCCCCCCCCCCOCC(COP(=O)(O)OCC[N+](C)(C)C)OC(=O)CCCCCCCCCCCCCCCCCCCCCCC. The van der Waals surface area contributed by atoms with Gasteiger partial charge in [-0.15, -0.1) is 0 Å². The van der Waals surface area contributed by atoms with Crippen molar-refractivity contribution in [1.29, 1.82) is 0 Å². The lowest BCUT2D eigenvalue weighted by atomic mass is 10.0. The molecular formula is C58H115NO7P+. The molecule has 0 aliphatic rings. The van der Waals surface area contributed by atoms with Crippen LogP contribution in [0.25, 0.3) is 0 Å². The molecule has 0 spiro atoms. The molecule has 0 fully saturated rings. The van der Waals surface area contributed by atoms with Crippen molar-refractivity contribution in [3.63, 3.8) is 0 Å². The second kappa shape index (κ2) is 51.3. The molecule has 0 saturated carbocycles. The molecule has 0 radical (unpaired) electrons. The second-order valence-electron chi connectivity index (χ2n) is 21.0. The summed E-state index contributed by atoms with van der Waals surface area (Å²) in [6, 6.07) is 0. The number of allylic oxidation sites excluding steroid dienone is 4. The predicted molar refractivity (Wildman–Crippen MR) is 289 cm³/mol. The van der Waals surface area contributed by atoms with Gasteiger partial charge in [0, 0.05) is 13.0 Å². The highest BCUT2D eigenvalue weighted by molar-refractivity contribution is 7.47. The van der Waals surface area contributed by atoms with Gasteiger partial charge in [0.1, 0.15) is 19.3 Å². The summed E-state index contributed by atoms with van der Waals surface area (Å²) in [5.74, 6) is -0.306. The van der Waals surface area contributed by atoms with E-state index in [1.54, 1.807) is 0 Å². The summed E-state index contributed by atoms with van der Waals surface area (Å²) < 4.78 is 35.3. The van der Waals surface area contributed by atoms with Crippen LogP contribution in [0.4, 0.5) is 0 Å². The van der Waals surface area contributed by atoms with E-state index in [0.29, 0.717) is 24.1 Å². The van der Waals surface area contributed by atoms with E-state index in [1.165, 1.54) is 225 Å². The molecule has 0 bridgehead atoms. The maximum Gasteiger partial charge on any atom is 0.472 e. The summed E-state index contributed by atoms with van der Waals surface area (Å²) in [5.41, 5.74) is 0. The number of carbonyl (C=O) groups excluding carboxylic acids is 1. The number of phosphoric ester groups is 1. The molecule has 0 amide bonds. The Hall–Kier alpha value is -1.02. The highest BCUT2D eigenvalue weighted by atomic mass is 31.2. The number of phosphoric acid groups is 1. The number of rotatable bonds is 55. The number of hydrogen-bond acceptors (Lipinski definition) is 6. The van der Waals surface area contributed by atoms with Gasteiger partial charge >= 0.3 is 13.8 Å². The van der Waals surface area contributed by atoms with Crippen molar-refractivity contribution in [2.45, 2.75) is 290 Å². The lowest BCUT2D eigenvalue weighted by Gasteiger charge is -2.24. The van der Waals surface area contributed by atoms with Gasteiger partial charge in [0.2, 0.25) is 0 Å². The molecule has 0 aromatic carbocycles. The molecular weight excluding hydrogens is 854 g/mol. The third-order valence-electron chi connectivity index (χ3n) is 13.0. The van der Waals surface area contributed by atoms with Crippen LogP contribution >= 0.6 is 7.82 Å². The van der Waals surface area contributed by atoms with Crippen LogP contribution in [0.1, 0.15) is 284 Å². The fraction of sp³-hybridized carbons (Fsp3) is 0.914. The Labute approximate surface area is 417 Å². The smallest absolute Gasteiger partial charge is 0.457 e. The lowest BCUT2D eigenvalue weighted by molar-refractivity contribution is -0.870. The normalized spacial score (nSPS) is 13.6. The highest BCUT2D eigenvalue weighted by Crippen LogP contribution is 2.43. The van der Waals surface area contributed by atoms with Gasteiger partial charge in [-0.3, -0.25) is 13.8 Å². The quantitative estimate of drug-likeness (QED) is 0.0213. The van der Waals surface area contributed by atoms with E-state index >= 15 is 0 Å². The van der Waals surface area contributed by atoms with E-state index in [2.05, 4.69) is 38.2 Å². The Balaban J connectivity index is 4.04. The molecule has 0 saturated heterocycles. The first-order valence-electron chi connectivity index (χ1n) is 29.1. The van der Waals surface area contributed by atoms with Crippen LogP contribution in [0, 0.1) is 0 Å². The first kappa shape index (κ1) is 66.0. The second-order valence-corrected chi connectivity index (χ2v) is 22.5. The molecule has 0 aromatic rings. The van der Waals surface area contributed by atoms with Gasteiger partial charge < -0.3 is 18.9 Å². The van der Waals surface area contributed by atoms with Crippen LogP contribution in [0.5, 0.6) is 0 Å². The van der Waals surface area contributed by atoms with Crippen molar-refractivity contribution in [2.75, 3.05) is 54.1 Å². The Morgan fingerprint density at radius 3 is 1.21 bits per heavy atom. The summed E-state index contributed by atoms with van der Waals surface area (Å²) in [6.07, 6.45) is 62.4. The van der Waals surface area contributed by atoms with Crippen molar-refractivity contribution < 1.29 is 37.3 Å². The fourth-order valence-corrected chi connectivity index (χ4v) is 9.27. The van der Waals surface area contributed by atoms with E-state index < -0.39 is 13.9 Å². The van der Waals surface area contributed by atoms with Gasteiger partial charge in [0.05, 0.1) is 34.4 Å². The molecule has 1 N–H and O–H groups in total. The number of nitrogens with zero attached hydrogens (tertiary/aromatic N) is 1. The van der Waals surface area contributed by atoms with Crippen LogP contribution in [0.15, 0.2) is 24.3 Å². The van der Waals surface area contributed by atoms with Crippen molar-refractivity contribution in [3.05, 3.63) is 24.3 Å². The zero-order valence-electron chi connectivity index (χ0n) is 45.4. The standard InChI is InChI=1S/C58H114NO7P/c1-6-8-10-12-14-16-18-20-22-24-26-28-29-30-32-34-36-38-40-42-44-46-48-50-53-63-55-57(56-65-67(61,62)64-54-52-59(3,4)5)66-58(60)51-49-47-45-43-41-39-37-35-33-31-27-25-23-21-19-17-15-13-11-9-7-2/h18,20,24,26,57H,6-17,19,21-23,25,27-56H2,1-5H3/p+1/b20-18-,26-24-. The zero-order chi connectivity index (χ0) is 49.0. The number of esters is 1. The van der Waals surface area contributed by atoms with Crippen LogP contribution in [-0.4, -0.2) is 75.6 Å². The first-order chi connectivity index (χ1) is 32.6. The highest BCUT2D eigenvalue weighted by Gasteiger charge is 2.26. The van der Waals surface area contributed by atoms with Crippen molar-refractivity contribution >= 4 is 13.8 Å². The zero-order valence-corrected chi connectivity index (χ0v) is 46.3. The van der Waals surface area contributed by atoms with E-state index in [9.17, 15) is 14.3 Å². The van der Waals surface area contributed by atoms with Crippen LogP contribution < -0.4 is 0 Å². The monoisotopic (exact) mass is 969 g/mol. The Bertz CT molecular complexity index is 1120. The minimum atomic E-state index is -4.28. The topological polar surface area (TPSA) is 91.3 Å². The molecule has 0 aliphatic heterocycles. The number of ether oxygens (including phenoxy) is 2. The minimum absolute atomic E-state index is 0.0913. The molecule has 398 valence electrons. The number of carbonyl (C=O) groups is 1. The third kappa shape index (κ3) is 55.8. The molecule has 67 heavy (non-hydrogen) atoms. The van der Waals surface area contributed by atoms with E-state index in [0.717, 1.165) is 38.5 Å². The van der Waals surface area contributed by atoms with Crippen molar-refractivity contribution in [2.24, 2.45) is 0 Å². The molecule has 8 nitrogen and oxygen atoms in total. The number of hydrogen-bond donors (Lipinski definition) is 1. The number of unbranched alkanes of at least 4 members (excludes halogenated alkanes) is 37. The van der Waals surface area contributed by atoms with Gasteiger partial charge in [-0.25, -0.2) is 4.57 Å². The Kier molecular flexibility index (Phi) is 50.6. The predicted octanol–water partition coefficient (Wildman–Crippen LogP) is 18.3. The maximum atomic E-state index is 12.8. The molecule has 0 aromatic heterocycles. The first-order valence-corrected chi connectivity index (χ1v) is 30.6. The lowest BCUT2D eigenvalue weighted by Crippen LogP contribution is -2.37. The van der Waals surface area contributed by atoms with Gasteiger partial charge in [-0.2, -0.15) is 0 Å². The van der Waals surface area contributed by atoms with Gasteiger partial charge in [0.15, 0.2) is 0 Å². The van der Waals surface area contributed by atoms with Crippen LogP contribution in [0.2, 0.25) is 0 Å². The summed E-state index contributed by atoms with van der Waals surface area (Å²) in [6.45, 7) is 5.68. The maximum absolute atomic E-state index is 12.8. The van der Waals surface area contributed by atoms with E-state index in [4.69, 9.17) is 18.5 Å². The Morgan fingerprint density at radius 2 is 0.821 bits per heavy atom. The summed E-state index contributed by atoms with van der Waals surface area (Å²) in [7, 11) is 1.68. The summed E-state index contributed by atoms with van der Waals surface area (Å²) in [4.78, 5) is 23.1. The van der Waals surface area contributed by atoms with Gasteiger partial charge in [0.25, 0.3) is 0 Å². The largest absolute Gasteiger partial charge is 0.472 e. The van der Waals surface area contributed by atoms with Gasteiger partial charge in [-0.1, -0.05) is 256 Å². The molecule has 0 heterocycles. The third-order valence-corrected chi connectivity index (χ3v) is 14.0. The minimum Gasteiger partial charge on any atom is -0.457 e. The molecule has 9 heteroatoms. The molecule has 0 rings (SSSR count). The van der Waals surface area contributed by atoms with Gasteiger partial charge in [-0.05, 0) is 44.9 Å². The van der Waals surface area contributed by atoms with Crippen molar-refractivity contribution in [1.82, 2.24) is 0 Å². The Morgan fingerprint density at radius 1 is 0.463 bits per heavy atom. The fourth-order valence-electron chi connectivity index (χ4n) is 8.53.